The van der Waals surface area contributed by atoms with Gasteiger partial charge in [-0.1, -0.05) is 41.5 Å². The number of carbonyl (C=O) groups is 2. The zero-order valence-electron chi connectivity index (χ0n) is 23.9. The first-order valence-corrected chi connectivity index (χ1v) is 18.3. The molecule has 0 bridgehead atoms. The monoisotopic (exact) mass is 524 g/mol. The highest BCUT2D eigenvalue weighted by molar-refractivity contribution is 6.74. The first-order chi connectivity index (χ1) is 15.9. The van der Waals surface area contributed by atoms with Gasteiger partial charge in [-0.2, -0.15) is 0 Å². The van der Waals surface area contributed by atoms with Crippen LogP contribution in [0.3, 0.4) is 0 Å². The minimum absolute atomic E-state index is 0.0893. The smallest absolute Gasteiger partial charge is 0.305 e. The van der Waals surface area contributed by atoms with Gasteiger partial charge in [0, 0.05) is 18.5 Å². The maximum atomic E-state index is 12.5. The molecule has 1 rings (SSSR count). The summed E-state index contributed by atoms with van der Waals surface area (Å²) in [5.41, 5.74) is 2.26. The Bertz CT molecular complexity index is 810. The van der Waals surface area contributed by atoms with Gasteiger partial charge in [-0.25, -0.2) is 0 Å². The molecule has 1 amide bonds. The Hall–Kier alpha value is -1.56. The Balaban J connectivity index is 3.00. The van der Waals surface area contributed by atoms with Crippen LogP contribution in [0.2, 0.25) is 36.3 Å². The van der Waals surface area contributed by atoms with E-state index in [1.165, 1.54) is 7.11 Å². The van der Waals surface area contributed by atoms with Crippen LogP contribution in [0, 0.1) is 0 Å². The van der Waals surface area contributed by atoms with E-state index in [0.717, 1.165) is 11.4 Å². The number of nitrogens with zero attached hydrogens (tertiary/aromatic N) is 1. The maximum absolute atomic E-state index is 12.5. The Morgan fingerprint density at radius 3 is 1.66 bits per heavy atom. The summed E-state index contributed by atoms with van der Waals surface area (Å²) in [6.45, 7) is 22.9. The molecule has 0 fully saturated rings. The van der Waals surface area contributed by atoms with Crippen LogP contribution in [-0.2, 0) is 36.4 Å². The lowest BCUT2D eigenvalue weighted by atomic mass is 10.2. The fourth-order valence-electron chi connectivity index (χ4n) is 2.69. The number of esters is 1. The van der Waals surface area contributed by atoms with Crippen LogP contribution >= 0.6 is 0 Å². The topological polar surface area (TPSA) is 86.8 Å². The third kappa shape index (κ3) is 10.5. The Morgan fingerprint density at radius 1 is 0.829 bits per heavy atom. The molecule has 1 aromatic rings. The number of hydrogen-bond donors (Lipinski definition) is 1. The third-order valence-corrected chi connectivity index (χ3v) is 16.2. The summed E-state index contributed by atoms with van der Waals surface area (Å²) >= 11 is 0. The second-order valence-corrected chi connectivity index (χ2v) is 21.9. The number of nitrogens with one attached hydrogen (secondary N) is 1. The SMILES string of the molecule is COC(=O)CCCCC(=O)Nc1cc(CO[Si](C)(C)C(C)(C)C)nc(CO[Si](C)(C)C(C)(C)C)c1. The van der Waals surface area contributed by atoms with Crippen LogP contribution in [0.1, 0.15) is 78.6 Å². The zero-order valence-corrected chi connectivity index (χ0v) is 25.9. The summed E-state index contributed by atoms with van der Waals surface area (Å²) in [4.78, 5) is 28.6. The van der Waals surface area contributed by atoms with Crippen LogP contribution in [0.5, 0.6) is 0 Å². The van der Waals surface area contributed by atoms with E-state index in [1.54, 1.807) is 0 Å². The van der Waals surface area contributed by atoms with E-state index in [0.29, 0.717) is 44.6 Å². The molecule has 35 heavy (non-hydrogen) atoms. The molecule has 9 heteroatoms. The van der Waals surface area contributed by atoms with E-state index < -0.39 is 16.6 Å². The van der Waals surface area contributed by atoms with Gasteiger partial charge in [0.15, 0.2) is 16.6 Å². The van der Waals surface area contributed by atoms with Crippen LogP contribution < -0.4 is 5.32 Å². The van der Waals surface area contributed by atoms with Gasteiger partial charge in [0.05, 0.1) is 31.7 Å². The predicted molar refractivity (Wildman–Crippen MR) is 147 cm³/mol. The first-order valence-electron chi connectivity index (χ1n) is 12.5. The van der Waals surface area contributed by atoms with Crippen molar-refractivity contribution in [3.63, 3.8) is 0 Å². The molecule has 1 heterocycles. The molecule has 0 aliphatic carbocycles. The number of carbonyl (C=O) groups excluding carboxylic acids is 2. The predicted octanol–water partition coefficient (Wildman–Crippen LogP) is 6.80. The summed E-state index contributed by atoms with van der Waals surface area (Å²) in [7, 11) is -2.53. The van der Waals surface area contributed by atoms with Gasteiger partial charge in [-0.15, -0.1) is 0 Å². The summed E-state index contributed by atoms with van der Waals surface area (Å²) < 4.78 is 17.4. The van der Waals surface area contributed by atoms with E-state index in [9.17, 15) is 9.59 Å². The lowest BCUT2D eigenvalue weighted by Gasteiger charge is -2.36. The summed E-state index contributed by atoms with van der Waals surface area (Å²) in [6, 6.07) is 3.77. The fraction of sp³-hybridized carbons (Fsp3) is 0.731. The Morgan fingerprint density at radius 2 is 1.26 bits per heavy atom. The molecule has 0 radical (unpaired) electrons. The van der Waals surface area contributed by atoms with Crippen molar-refractivity contribution in [3.05, 3.63) is 23.5 Å². The van der Waals surface area contributed by atoms with Crippen molar-refractivity contribution in [2.24, 2.45) is 0 Å². The van der Waals surface area contributed by atoms with E-state index >= 15 is 0 Å². The van der Waals surface area contributed by atoms with Gasteiger partial charge in [-0.3, -0.25) is 14.6 Å². The zero-order chi connectivity index (χ0) is 27.1. The standard InChI is InChI=1S/C26H48N2O5Si2/c1-25(2,3)34(8,9)32-18-21-16-20(28-23(29)14-12-13-15-24(30)31-7)17-22(27-21)19-33-35(10,11)26(4,5)6/h16-17H,12-15,18-19H2,1-11H3,(H,27,28,29). The van der Waals surface area contributed by atoms with E-state index in [-0.39, 0.29) is 22.0 Å². The number of pyridine rings is 1. The molecular formula is C26H48N2O5Si2. The van der Waals surface area contributed by atoms with Crippen LogP contribution in [0.25, 0.3) is 0 Å². The molecule has 0 aliphatic rings. The molecule has 0 saturated carbocycles. The van der Waals surface area contributed by atoms with Gasteiger partial charge in [0.25, 0.3) is 0 Å². The normalized spacial score (nSPS) is 13.0. The van der Waals surface area contributed by atoms with Gasteiger partial charge >= 0.3 is 5.97 Å². The van der Waals surface area contributed by atoms with Crippen molar-refractivity contribution < 1.29 is 23.2 Å². The van der Waals surface area contributed by atoms with Gasteiger partial charge in [0.1, 0.15) is 0 Å². The van der Waals surface area contributed by atoms with E-state index in [1.807, 2.05) is 12.1 Å². The van der Waals surface area contributed by atoms with Crippen molar-refractivity contribution in [1.82, 2.24) is 4.98 Å². The average molecular weight is 525 g/mol. The summed E-state index contributed by atoms with van der Waals surface area (Å²) in [6.07, 6.45) is 1.90. The van der Waals surface area contributed by atoms with Crippen molar-refractivity contribution in [2.45, 2.75) is 117 Å². The van der Waals surface area contributed by atoms with Crippen molar-refractivity contribution in [1.29, 1.82) is 0 Å². The van der Waals surface area contributed by atoms with Crippen molar-refractivity contribution in [3.8, 4) is 0 Å². The van der Waals surface area contributed by atoms with Crippen LogP contribution in [0.4, 0.5) is 5.69 Å². The number of aromatic nitrogens is 1. The summed E-state index contributed by atoms with van der Waals surface area (Å²) in [5.74, 6) is -0.342. The molecule has 1 aromatic heterocycles. The molecule has 0 unspecified atom stereocenters. The minimum atomic E-state index is -1.95. The largest absolute Gasteiger partial charge is 0.469 e. The average Bonchev–Trinajstić information content (AvgIpc) is 2.72. The van der Waals surface area contributed by atoms with Crippen molar-refractivity contribution >= 4 is 34.2 Å². The highest BCUT2D eigenvalue weighted by Crippen LogP contribution is 2.38. The Kier molecular flexibility index (Phi) is 11.3. The van der Waals surface area contributed by atoms with E-state index in [2.05, 4.69) is 77.8 Å². The highest BCUT2D eigenvalue weighted by atomic mass is 28.4. The molecule has 0 aliphatic heterocycles. The number of amides is 1. The lowest BCUT2D eigenvalue weighted by Crippen LogP contribution is -2.40. The molecule has 1 N–H and O–H groups in total. The number of anilines is 1. The molecule has 0 spiro atoms. The highest BCUT2D eigenvalue weighted by Gasteiger charge is 2.38. The first kappa shape index (κ1) is 31.5. The number of hydrogen-bond acceptors (Lipinski definition) is 6. The number of methoxy groups -OCH3 is 1. The fourth-order valence-corrected chi connectivity index (χ4v) is 4.58. The van der Waals surface area contributed by atoms with E-state index in [4.69, 9.17) is 13.8 Å². The number of ether oxygens (including phenoxy) is 1. The quantitative estimate of drug-likeness (QED) is 0.184. The van der Waals surface area contributed by atoms with Gasteiger partial charge < -0.3 is 18.9 Å². The molecule has 0 saturated heterocycles. The molecule has 200 valence electrons. The van der Waals surface area contributed by atoms with Gasteiger partial charge in [-0.05, 0) is 61.2 Å². The number of rotatable bonds is 12. The second kappa shape index (κ2) is 12.6. The number of unbranched alkanes of at least 4 members (excludes halogenated alkanes) is 1. The molecular weight excluding hydrogens is 476 g/mol. The molecule has 0 aromatic carbocycles. The van der Waals surface area contributed by atoms with Crippen LogP contribution in [-0.4, -0.2) is 40.6 Å². The Labute approximate surface area is 215 Å². The molecule has 0 atom stereocenters. The van der Waals surface area contributed by atoms with Crippen molar-refractivity contribution in [2.75, 3.05) is 12.4 Å². The minimum Gasteiger partial charge on any atom is -0.469 e. The van der Waals surface area contributed by atoms with Gasteiger partial charge in [0.2, 0.25) is 5.91 Å². The maximum Gasteiger partial charge on any atom is 0.305 e. The van der Waals surface area contributed by atoms with Crippen LogP contribution in [0.15, 0.2) is 12.1 Å². The molecule has 7 nitrogen and oxygen atoms in total. The summed E-state index contributed by atoms with van der Waals surface area (Å²) in [5, 5.41) is 3.19. The third-order valence-electron chi connectivity index (χ3n) is 7.25. The second-order valence-electron chi connectivity index (χ2n) is 12.3. The lowest BCUT2D eigenvalue weighted by molar-refractivity contribution is -0.140.